The summed E-state index contributed by atoms with van der Waals surface area (Å²) in [6, 6.07) is 31.4. The molecular formula is C28H18OS. The normalized spacial score (nSPS) is 12.0. The summed E-state index contributed by atoms with van der Waals surface area (Å²) in [4.78, 5) is 0. The first-order valence-electron chi connectivity index (χ1n) is 10.0. The molecule has 5 aromatic carbocycles. The summed E-state index contributed by atoms with van der Waals surface area (Å²) >= 11 is 1.84. The predicted octanol–water partition coefficient (Wildman–Crippen LogP) is 8.24. The van der Waals surface area contributed by atoms with Gasteiger partial charge in [-0.15, -0.1) is 11.3 Å². The highest BCUT2D eigenvalue weighted by Gasteiger charge is 2.14. The van der Waals surface area contributed by atoms with Gasteiger partial charge in [-0.2, -0.15) is 0 Å². The van der Waals surface area contributed by atoms with E-state index in [1.807, 2.05) is 35.6 Å². The van der Waals surface area contributed by atoms with Gasteiger partial charge in [0, 0.05) is 25.7 Å². The van der Waals surface area contributed by atoms with Crippen molar-refractivity contribution in [2.45, 2.75) is 0 Å². The van der Waals surface area contributed by atoms with Crippen molar-refractivity contribution in [2.75, 3.05) is 0 Å². The van der Waals surface area contributed by atoms with Gasteiger partial charge in [0.1, 0.15) is 5.75 Å². The van der Waals surface area contributed by atoms with Gasteiger partial charge in [0.2, 0.25) is 0 Å². The van der Waals surface area contributed by atoms with Crippen LogP contribution in [0.5, 0.6) is 5.75 Å². The third-order valence-corrected chi connectivity index (χ3v) is 6.97. The average molecular weight is 403 g/mol. The number of phenols is 1. The number of rotatable bonds is 2. The Kier molecular flexibility index (Phi) is 3.87. The van der Waals surface area contributed by atoms with Crippen LogP contribution in [-0.4, -0.2) is 5.11 Å². The molecule has 0 aliphatic carbocycles. The highest BCUT2D eigenvalue weighted by atomic mass is 32.1. The minimum atomic E-state index is 0.299. The van der Waals surface area contributed by atoms with Crippen LogP contribution in [0.2, 0.25) is 0 Å². The van der Waals surface area contributed by atoms with E-state index < -0.39 is 0 Å². The molecule has 0 atom stereocenters. The molecule has 0 aliphatic heterocycles. The maximum Gasteiger partial charge on any atom is 0.122 e. The third-order valence-electron chi connectivity index (χ3n) is 5.76. The van der Waals surface area contributed by atoms with E-state index in [2.05, 4.69) is 72.8 Å². The summed E-state index contributed by atoms with van der Waals surface area (Å²) in [7, 11) is 0. The SMILES string of the molecule is Oc1ccccc1/C=C/c1cc2ccccc2c2c1sc1ccc3ccccc3c12. The Bertz CT molecular complexity index is 1600. The van der Waals surface area contributed by atoms with Crippen LogP contribution in [0.3, 0.4) is 0 Å². The number of thiophene rings is 1. The Balaban J connectivity index is 1.73. The first-order valence-corrected chi connectivity index (χ1v) is 10.8. The molecular weight excluding hydrogens is 384 g/mol. The second kappa shape index (κ2) is 6.72. The maximum absolute atomic E-state index is 10.2. The Morgan fingerprint density at radius 3 is 2.10 bits per heavy atom. The highest BCUT2D eigenvalue weighted by molar-refractivity contribution is 7.26. The standard InChI is InChI=1S/C28H18OS/c29-24-12-6-3-8-19(24)13-14-21-17-20-9-2-5-11-23(20)27-26-22-10-4-1-7-18(22)15-16-25(26)30-28(21)27/h1-17,29H/b14-13+. The topological polar surface area (TPSA) is 20.2 Å². The molecule has 6 rings (SSSR count). The second-order valence-electron chi connectivity index (χ2n) is 7.55. The van der Waals surface area contributed by atoms with Crippen LogP contribution in [-0.2, 0) is 0 Å². The molecule has 30 heavy (non-hydrogen) atoms. The molecule has 0 saturated heterocycles. The lowest BCUT2D eigenvalue weighted by Gasteiger charge is -2.06. The van der Waals surface area contributed by atoms with Crippen molar-refractivity contribution >= 4 is 65.2 Å². The molecule has 0 bridgehead atoms. The first kappa shape index (κ1) is 17.3. The lowest BCUT2D eigenvalue weighted by atomic mass is 9.97. The zero-order valence-electron chi connectivity index (χ0n) is 16.2. The number of para-hydroxylation sites is 1. The van der Waals surface area contributed by atoms with E-state index in [0.29, 0.717) is 5.75 Å². The van der Waals surface area contributed by atoms with Crippen molar-refractivity contribution in [3.05, 3.63) is 102 Å². The number of hydrogen-bond acceptors (Lipinski definition) is 2. The van der Waals surface area contributed by atoms with Gasteiger partial charge in [0.15, 0.2) is 0 Å². The van der Waals surface area contributed by atoms with E-state index in [-0.39, 0.29) is 0 Å². The van der Waals surface area contributed by atoms with Gasteiger partial charge in [-0.3, -0.25) is 0 Å². The minimum absolute atomic E-state index is 0.299. The van der Waals surface area contributed by atoms with Crippen molar-refractivity contribution < 1.29 is 5.11 Å². The molecule has 2 heteroatoms. The number of aromatic hydroxyl groups is 1. The first-order chi connectivity index (χ1) is 14.8. The van der Waals surface area contributed by atoms with Crippen LogP contribution in [0.4, 0.5) is 0 Å². The van der Waals surface area contributed by atoms with Crippen LogP contribution in [0, 0.1) is 0 Å². The number of hydrogen-bond donors (Lipinski definition) is 1. The van der Waals surface area contributed by atoms with Crippen LogP contribution in [0.25, 0.3) is 53.9 Å². The second-order valence-corrected chi connectivity index (χ2v) is 8.60. The minimum Gasteiger partial charge on any atom is -0.507 e. The highest BCUT2D eigenvalue weighted by Crippen LogP contribution is 2.44. The van der Waals surface area contributed by atoms with E-state index in [0.717, 1.165) is 5.56 Å². The summed E-state index contributed by atoms with van der Waals surface area (Å²) in [5, 5.41) is 17.9. The van der Waals surface area contributed by atoms with Crippen molar-refractivity contribution in [1.82, 2.24) is 0 Å². The van der Waals surface area contributed by atoms with E-state index in [1.165, 1.54) is 47.3 Å². The molecule has 0 radical (unpaired) electrons. The van der Waals surface area contributed by atoms with Gasteiger partial charge in [-0.1, -0.05) is 84.9 Å². The van der Waals surface area contributed by atoms with Crippen LogP contribution >= 0.6 is 11.3 Å². The fourth-order valence-electron chi connectivity index (χ4n) is 4.34. The fourth-order valence-corrected chi connectivity index (χ4v) is 5.57. The molecule has 0 unspecified atom stereocenters. The van der Waals surface area contributed by atoms with E-state index in [1.54, 1.807) is 6.07 Å². The van der Waals surface area contributed by atoms with Gasteiger partial charge >= 0.3 is 0 Å². The third kappa shape index (κ3) is 2.62. The Labute approximate surface area is 178 Å². The molecule has 0 fully saturated rings. The van der Waals surface area contributed by atoms with Gasteiger partial charge in [-0.25, -0.2) is 0 Å². The Hall–Kier alpha value is -3.62. The molecule has 1 heterocycles. The van der Waals surface area contributed by atoms with Crippen molar-refractivity contribution in [2.24, 2.45) is 0 Å². The van der Waals surface area contributed by atoms with Gasteiger partial charge in [-0.05, 0) is 45.3 Å². The largest absolute Gasteiger partial charge is 0.507 e. The molecule has 0 saturated carbocycles. The monoisotopic (exact) mass is 402 g/mol. The zero-order valence-corrected chi connectivity index (χ0v) is 17.0. The van der Waals surface area contributed by atoms with Gasteiger partial charge in [0.25, 0.3) is 0 Å². The number of benzene rings is 5. The average Bonchev–Trinajstić information content (AvgIpc) is 3.19. The summed E-state index contributed by atoms with van der Waals surface area (Å²) in [5.41, 5.74) is 2.00. The lowest BCUT2D eigenvalue weighted by Crippen LogP contribution is -1.80. The summed E-state index contributed by atoms with van der Waals surface area (Å²) in [6.45, 7) is 0. The molecule has 1 N–H and O–H groups in total. The quantitative estimate of drug-likeness (QED) is 0.289. The molecule has 1 aromatic heterocycles. The van der Waals surface area contributed by atoms with Gasteiger partial charge < -0.3 is 5.11 Å². The van der Waals surface area contributed by atoms with Crippen LogP contribution < -0.4 is 0 Å². The molecule has 142 valence electrons. The summed E-state index contributed by atoms with van der Waals surface area (Å²) < 4.78 is 2.59. The fraction of sp³-hybridized carbons (Fsp3) is 0. The summed E-state index contributed by atoms with van der Waals surface area (Å²) in [5.74, 6) is 0.299. The Morgan fingerprint density at radius 1 is 0.600 bits per heavy atom. The Morgan fingerprint density at radius 2 is 1.27 bits per heavy atom. The van der Waals surface area contributed by atoms with Crippen LogP contribution in [0.15, 0.2) is 91.0 Å². The summed E-state index contributed by atoms with van der Waals surface area (Å²) in [6.07, 6.45) is 4.13. The molecule has 0 spiro atoms. The smallest absolute Gasteiger partial charge is 0.122 e. The van der Waals surface area contributed by atoms with Crippen molar-refractivity contribution in [3.8, 4) is 5.75 Å². The van der Waals surface area contributed by atoms with E-state index in [4.69, 9.17) is 0 Å². The van der Waals surface area contributed by atoms with Gasteiger partial charge in [0.05, 0.1) is 0 Å². The lowest BCUT2D eigenvalue weighted by molar-refractivity contribution is 0.474. The molecule has 0 amide bonds. The number of fused-ring (bicyclic) bond motifs is 7. The van der Waals surface area contributed by atoms with Crippen molar-refractivity contribution in [3.63, 3.8) is 0 Å². The molecule has 1 nitrogen and oxygen atoms in total. The van der Waals surface area contributed by atoms with E-state index >= 15 is 0 Å². The van der Waals surface area contributed by atoms with Crippen molar-refractivity contribution in [1.29, 1.82) is 0 Å². The predicted molar refractivity (Wildman–Crippen MR) is 131 cm³/mol. The van der Waals surface area contributed by atoms with E-state index in [9.17, 15) is 5.11 Å². The molecule has 0 aliphatic rings. The number of phenolic OH excluding ortho intramolecular Hbond substituents is 1. The molecule has 6 aromatic rings. The van der Waals surface area contributed by atoms with Crippen LogP contribution in [0.1, 0.15) is 11.1 Å². The zero-order chi connectivity index (χ0) is 20.1. The maximum atomic E-state index is 10.2.